The summed E-state index contributed by atoms with van der Waals surface area (Å²) in [4.78, 5) is 0. The molecule has 0 aliphatic carbocycles. The van der Waals surface area contributed by atoms with Crippen LogP contribution < -0.4 is 10.1 Å². The molecule has 2 aromatic rings. The molecule has 1 aromatic carbocycles. The smallest absolute Gasteiger partial charge is 0.191 e. The van der Waals surface area contributed by atoms with E-state index in [1.807, 2.05) is 19.1 Å². The Bertz CT molecular complexity index is 526. The number of nitrogens with one attached hydrogen (secondary N) is 2. The third kappa shape index (κ3) is 3.08. The molecular weight excluding hydrogens is 242 g/mol. The van der Waals surface area contributed by atoms with Gasteiger partial charge in [-0.2, -0.15) is 5.21 Å². The van der Waals surface area contributed by atoms with Crippen molar-refractivity contribution in [2.75, 3.05) is 7.11 Å². The van der Waals surface area contributed by atoms with Crippen molar-refractivity contribution >= 4 is 0 Å². The molecule has 0 radical (unpaired) electrons. The fourth-order valence-electron chi connectivity index (χ4n) is 2.08. The SMILES string of the molecule is COc1ccc(C)cc1C(C)NC(C)c1nn[nH]n1. The number of aromatic amines is 1. The van der Waals surface area contributed by atoms with Crippen molar-refractivity contribution < 1.29 is 4.74 Å². The monoisotopic (exact) mass is 261 g/mol. The van der Waals surface area contributed by atoms with E-state index in [0.717, 1.165) is 11.3 Å². The third-order valence-electron chi connectivity index (χ3n) is 3.10. The first-order chi connectivity index (χ1) is 9.11. The Morgan fingerprint density at radius 3 is 2.68 bits per heavy atom. The van der Waals surface area contributed by atoms with Crippen molar-refractivity contribution in [3.05, 3.63) is 35.2 Å². The molecule has 2 rings (SSSR count). The molecule has 2 N–H and O–H groups in total. The lowest BCUT2D eigenvalue weighted by atomic mass is 10.0. The summed E-state index contributed by atoms with van der Waals surface area (Å²) in [5, 5.41) is 17.4. The van der Waals surface area contributed by atoms with Crippen molar-refractivity contribution in [2.45, 2.75) is 32.9 Å². The van der Waals surface area contributed by atoms with Gasteiger partial charge in [0.1, 0.15) is 5.75 Å². The first-order valence-corrected chi connectivity index (χ1v) is 6.25. The molecule has 2 unspecified atom stereocenters. The van der Waals surface area contributed by atoms with E-state index >= 15 is 0 Å². The molecule has 1 aromatic heterocycles. The summed E-state index contributed by atoms with van der Waals surface area (Å²) in [7, 11) is 1.68. The van der Waals surface area contributed by atoms with Gasteiger partial charge in [0.2, 0.25) is 0 Å². The first kappa shape index (κ1) is 13.5. The van der Waals surface area contributed by atoms with Gasteiger partial charge in [0, 0.05) is 11.6 Å². The number of nitrogens with zero attached hydrogens (tertiary/aromatic N) is 3. The summed E-state index contributed by atoms with van der Waals surface area (Å²) in [5.74, 6) is 1.53. The Morgan fingerprint density at radius 2 is 2.05 bits per heavy atom. The molecule has 2 atom stereocenters. The van der Waals surface area contributed by atoms with E-state index in [-0.39, 0.29) is 12.1 Å². The van der Waals surface area contributed by atoms with E-state index in [1.165, 1.54) is 5.56 Å². The maximum Gasteiger partial charge on any atom is 0.191 e. The molecule has 102 valence electrons. The van der Waals surface area contributed by atoms with Gasteiger partial charge in [0.25, 0.3) is 0 Å². The molecular formula is C13H19N5O. The molecule has 0 amide bonds. The van der Waals surface area contributed by atoms with E-state index in [0.29, 0.717) is 5.82 Å². The second-order valence-electron chi connectivity index (χ2n) is 4.63. The highest BCUT2D eigenvalue weighted by molar-refractivity contribution is 5.38. The van der Waals surface area contributed by atoms with Crippen molar-refractivity contribution in [2.24, 2.45) is 0 Å². The normalized spacial score (nSPS) is 14.1. The number of H-pyrrole nitrogens is 1. The Morgan fingerprint density at radius 1 is 1.26 bits per heavy atom. The number of aromatic nitrogens is 4. The zero-order chi connectivity index (χ0) is 13.8. The number of hydrogen-bond donors (Lipinski definition) is 2. The number of hydrogen-bond acceptors (Lipinski definition) is 5. The number of aryl methyl sites for hydroxylation is 1. The second kappa shape index (κ2) is 5.79. The van der Waals surface area contributed by atoms with Crippen LogP contribution in [0.2, 0.25) is 0 Å². The summed E-state index contributed by atoms with van der Waals surface area (Å²) in [6, 6.07) is 6.29. The fraction of sp³-hybridized carbons (Fsp3) is 0.462. The average Bonchev–Trinajstić information content (AvgIpc) is 2.92. The molecule has 0 aliphatic heterocycles. The van der Waals surface area contributed by atoms with Gasteiger partial charge in [0.05, 0.1) is 13.2 Å². The van der Waals surface area contributed by atoms with Crippen LogP contribution >= 0.6 is 0 Å². The molecule has 6 heteroatoms. The minimum atomic E-state index is 0.0129. The second-order valence-corrected chi connectivity index (χ2v) is 4.63. The van der Waals surface area contributed by atoms with Gasteiger partial charge in [0.15, 0.2) is 5.82 Å². The Kier molecular flexibility index (Phi) is 4.11. The number of benzene rings is 1. The van der Waals surface area contributed by atoms with Crippen LogP contribution in [0.5, 0.6) is 5.75 Å². The van der Waals surface area contributed by atoms with Crippen molar-refractivity contribution in [3.8, 4) is 5.75 Å². The first-order valence-electron chi connectivity index (χ1n) is 6.25. The van der Waals surface area contributed by atoms with Crippen LogP contribution in [0.15, 0.2) is 18.2 Å². The van der Waals surface area contributed by atoms with Crippen LogP contribution in [-0.2, 0) is 0 Å². The number of ether oxygens (including phenoxy) is 1. The molecule has 0 bridgehead atoms. The maximum atomic E-state index is 5.40. The average molecular weight is 261 g/mol. The number of rotatable bonds is 5. The standard InChI is InChI=1S/C13H19N5O/c1-8-5-6-12(19-4)11(7-8)9(2)14-10(3)13-15-17-18-16-13/h5-7,9-10,14H,1-4H3,(H,15,16,17,18). The summed E-state index contributed by atoms with van der Waals surface area (Å²) in [5.41, 5.74) is 2.33. The van der Waals surface area contributed by atoms with Crippen LogP contribution in [0.4, 0.5) is 0 Å². The highest BCUT2D eigenvalue weighted by atomic mass is 16.5. The zero-order valence-electron chi connectivity index (χ0n) is 11.6. The molecule has 0 saturated carbocycles. The van der Waals surface area contributed by atoms with Gasteiger partial charge in [-0.1, -0.05) is 22.9 Å². The topological polar surface area (TPSA) is 75.7 Å². The van der Waals surface area contributed by atoms with Crippen LogP contribution in [0.1, 0.15) is 42.9 Å². The minimum absolute atomic E-state index is 0.0129. The summed E-state index contributed by atoms with van der Waals surface area (Å²) >= 11 is 0. The zero-order valence-corrected chi connectivity index (χ0v) is 11.6. The Balaban J connectivity index is 2.15. The molecule has 0 saturated heterocycles. The van der Waals surface area contributed by atoms with Crippen molar-refractivity contribution in [1.82, 2.24) is 25.9 Å². The van der Waals surface area contributed by atoms with Gasteiger partial charge in [-0.15, -0.1) is 10.2 Å². The Hall–Kier alpha value is -1.95. The predicted molar refractivity (Wildman–Crippen MR) is 71.9 cm³/mol. The lowest BCUT2D eigenvalue weighted by molar-refractivity contribution is 0.395. The lowest BCUT2D eigenvalue weighted by Crippen LogP contribution is -2.24. The van der Waals surface area contributed by atoms with E-state index in [4.69, 9.17) is 4.74 Å². The summed E-state index contributed by atoms with van der Waals surface area (Å²) in [6.45, 7) is 6.16. The van der Waals surface area contributed by atoms with Crippen LogP contribution in [0, 0.1) is 6.92 Å². The third-order valence-corrected chi connectivity index (χ3v) is 3.10. The van der Waals surface area contributed by atoms with Gasteiger partial charge in [-0.05, 0) is 26.8 Å². The molecule has 6 nitrogen and oxygen atoms in total. The van der Waals surface area contributed by atoms with E-state index in [1.54, 1.807) is 7.11 Å². The van der Waals surface area contributed by atoms with Gasteiger partial charge in [-0.25, -0.2) is 0 Å². The minimum Gasteiger partial charge on any atom is -0.496 e. The summed E-state index contributed by atoms with van der Waals surface area (Å²) in [6.07, 6.45) is 0. The van der Waals surface area contributed by atoms with Gasteiger partial charge in [-0.3, -0.25) is 0 Å². The van der Waals surface area contributed by atoms with E-state index in [9.17, 15) is 0 Å². The number of methoxy groups -OCH3 is 1. The van der Waals surface area contributed by atoms with Gasteiger partial charge < -0.3 is 10.1 Å². The lowest BCUT2D eigenvalue weighted by Gasteiger charge is -2.20. The quantitative estimate of drug-likeness (QED) is 0.860. The van der Waals surface area contributed by atoms with E-state index < -0.39 is 0 Å². The molecule has 0 spiro atoms. The number of tetrazole rings is 1. The highest BCUT2D eigenvalue weighted by Crippen LogP contribution is 2.27. The van der Waals surface area contributed by atoms with Gasteiger partial charge >= 0.3 is 0 Å². The van der Waals surface area contributed by atoms with E-state index in [2.05, 4.69) is 45.9 Å². The fourth-order valence-corrected chi connectivity index (χ4v) is 2.08. The molecule has 1 heterocycles. The largest absolute Gasteiger partial charge is 0.496 e. The summed E-state index contributed by atoms with van der Waals surface area (Å²) < 4.78 is 5.40. The predicted octanol–water partition coefficient (Wildman–Crippen LogP) is 1.93. The van der Waals surface area contributed by atoms with Crippen molar-refractivity contribution in [3.63, 3.8) is 0 Å². The Labute approximate surface area is 112 Å². The van der Waals surface area contributed by atoms with Crippen LogP contribution in [0.25, 0.3) is 0 Å². The molecule has 0 aliphatic rings. The highest BCUT2D eigenvalue weighted by Gasteiger charge is 2.17. The van der Waals surface area contributed by atoms with Crippen molar-refractivity contribution in [1.29, 1.82) is 0 Å². The van der Waals surface area contributed by atoms with Crippen LogP contribution in [0.3, 0.4) is 0 Å². The maximum absolute atomic E-state index is 5.40. The molecule has 0 fully saturated rings. The van der Waals surface area contributed by atoms with Crippen LogP contribution in [-0.4, -0.2) is 27.7 Å². The molecule has 19 heavy (non-hydrogen) atoms.